The second-order valence-electron chi connectivity index (χ2n) is 9.16. The van der Waals surface area contributed by atoms with Crippen LogP contribution in [0.2, 0.25) is 0 Å². The number of nitrogens with one attached hydrogen (secondary N) is 1. The van der Waals surface area contributed by atoms with Gasteiger partial charge in [-0.05, 0) is 29.8 Å². The molecule has 5 rings (SSSR count). The van der Waals surface area contributed by atoms with Gasteiger partial charge in [-0.15, -0.1) is 11.8 Å². The Labute approximate surface area is 237 Å². The first kappa shape index (κ1) is 27.1. The number of para-hydroxylation sites is 1. The van der Waals surface area contributed by atoms with Crippen molar-refractivity contribution in [2.75, 3.05) is 50.6 Å². The van der Waals surface area contributed by atoms with Gasteiger partial charge in [0.1, 0.15) is 16.4 Å². The van der Waals surface area contributed by atoms with Gasteiger partial charge in [0.2, 0.25) is 0 Å². The number of amides is 2. The summed E-state index contributed by atoms with van der Waals surface area (Å²) in [4.78, 5) is 31.3. The Bertz CT molecular complexity index is 1510. The molecule has 0 aliphatic carbocycles. The summed E-state index contributed by atoms with van der Waals surface area (Å²) >= 11 is 1.51. The van der Waals surface area contributed by atoms with Crippen LogP contribution in [0.5, 0.6) is 11.5 Å². The average Bonchev–Trinajstić information content (AvgIpc) is 3.01. The number of carbonyl (C=O) groups excluding carboxylic acids is 1. The van der Waals surface area contributed by atoms with Crippen LogP contribution in [0.3, 0.4) is 0 Å². The van der Waals surface area contributed by atoms with Gasteiger partial charge >= 0.3 is 6.03 Å². The van der Waals surface area contributed by atoms with E-state index in [-0.39, 0.29) is 11.6 Å². The lowest BCUT2D eigenvalue weighted by Gasteiger charge is -2.36. The number of nitrogens with zero attached hydrogens (tertiary/aromatic N) is 4. The molecule has 1 saturated heterocycles. The van der Waals surface area contributed by atoms with E-state index in [9.17, 15) is 9.59 Å². The number of piperazine rings is 1. The molecule has 0 radical (unpaired) electrons. The van der Waals surface area contributed by atoms with Crippen molar-refractivity contribution in [3.05, 3.63) is 101 Å². The molecule has 1 N–H and O–H groups in total. The van der Waals surface area contributed by atoms with Crippen LogP contribution >= 0.6 is 11.8 Å². The zero-order valence-electron chi connectivity index (χ0n) is 22.4. The number of anilines is 2. The lowest BCUT2D eigenvalue weighted by atomic mass is 10.2. The quantitative estimate of drug-likeness (QED) is 0.309. The van der Waals surface area contributed by atoms with E-state index in [0.29, 0.717) is 54.0 Å². The molecule has 0 bridgehead atoms. The molecule has 1 aromatic heterocycles. The number of rotatable bonds is 8. The fourth-order valence-corrected chi connectivity index (χ4v) is 5.56. The van der Waals surface area contributed by atoms with Crippen molar-refractivity contribution in [1.82, 2.24) is 14.7 Å². The molecule has 2 heterocycles. The number of hydrogen-bond acceptors (Lipinski definition) is 7. The van der Waals surface area contributed by atoms with E-state index in [1.54, 1.807) is 43.5 Å². The first-order valence-electron chi connectivity index (χ1n) is 12.9. The Morgan fingerprint density at radius 1 is 0.925 bits per heavy atom. The standard InChI is InChI=1S/C30H31N5O4S/c1-38-24-13-14-25(27(19-24)39-2)32-30(37)34-17-15-33(16-18-34)26-20-31-35(23-11-7-4-8-12-23)29(36)28(26)40-21-22-9-5-3-6-10-22/h3-14,19-20H,15-18,21H2,1-2H3,(H,32,37). The topological polar surface area (TPSA) is 88.9 Å². The van der Waals surface area contributed by atoms with E-state index in [0.717, 1.165) is 16.9 Å². The van der Waals surface area contributed by atoms with Crippen LogP contribution in [0.1, 0.15) is 5.56 Å². The van der Waals surface area contributed by atoms with Gasteiger partial charge in [0.15, 0.2) is 0 Å². The highest BCUT2D eigenvalue weighted by molar-refractivity contribution is 7.98. The maximum absolute atomic E-state index is 13.7. The average molecular weight is 558 g/mol. The predicted octanol–water partition coefficient (Wildman–Crippen LogP) is 4.90. The van der Waals surface area contributed by atoms with Crippen LogP contribution < -0.4 is 25.2 Å². The van der Waals surface area contributed by atoms with Crippen LogP contribution in [0.4, 0.5) is 16.2 Å². The number of ether oxygens (including phenoxy) is 2. The third kappa shape index (κ3) is 6.07. The van der Waals surface area contributed by atoms with Gasteiger partial charge in [0.25, 0.3) is 5.56 Å². The maximum atomic E-state index is 13.7. The monoisotopic (exact) mass is 557 g/mol. The van der Waals surface area contributed by atoms with Crippen LogP contribution in [-0.4, -0.2) is 61.1 Å². The van der Waals surface area contributed by atoms with Crippen LogP contribution in [0, 0.1) is 0 Å². The van der Waals surface area contributed by atoms with Crippen LogP contribution in [0.25, 0.3) is 5.69 Å². The summed E-state index contributed by atoms with van der Waals surface area (Å²) in [5.41, 5.74) is 3.06. The van der Waals surface area contributed by atoms with E-state index >= 15 is 0 Å². The zero-order chi connectivity index (χ0) is 27.9. The highest BCUT2D eigenvalue weighted by Gasteiger charge is 2.25. The lowest BCUT2D eigenvalue weighted by molar-refractivity contribution is 0.208. The summed E-state index contributed by atoms with van der Waals surface area (Å²) in [6.45, 7) is 2.13. The molecule has 40 heavy (non-hydrogen) atoms. The largest absolute Gasteiger partial charge is 0.497 e. The van der Waals surface area contributed by atoms with Crippen molar-refractivity contribution in [3.8, 4) is 17.2 Å². The first-order chi connectivity index (χ1) is 19.6. The minimum absolute atomic E-state index is 0.156. The second kappa shape index (κ2) is 12.6. The molecule has 1 fully saturated rings. The Morgan fingerprint density at radius 2 is 1.62 bits per heavy atom. The Balaban J connectivity index is 1.33. The first-order valence-corrected chi connectivity index (χ1v) is 13.9. The lowest BCUT2D eigenvalue weighted by Crippen LogP contribution is -2.50. The fourth-order valence-electron chi connectivity index (χ4n) is 4.52. The van der Waals surface area contributed by atoms with Crippen molar-refractivity contribution in [1.29, 1.82) is 0 Å². The minimum Gasteiger partial charge on any atom is -0.497 e. The molecule has 10 heteroatoms. The van der Waals surface area contributed by atoms with Gasteiger partial charge in [0, 0.05) is 38.0 Å². The summed E-state index contributed by atoms with van der Waals surface area (Å²) in [6.07, 6.45) is 1.76. The molecule has 0 unspecified atom stereocenters. The van der Waals surface area contributed by atoms with E-state index in [1.807, 2.05) is 48.5 Å². The van der Waals surface area contributed by atoms with Gasteiger partial charge < -0.3 is 24.6 Å². The molecule has 1 aliphatic heterocycles. The molecule has 3 aromatic carbocycles. The summed E-state index contributed by atoms with van der Waals surface area (Å²) < 4.78 is 12.1. The van der Waals surface area contributed by atoms with Crippen molar-refractivity contribution in [2.45, 2.75) is 10.6 Å². The highest BCUT2D eigenvalue weighted by atomic mass is 32.2. The molecule has 0 atom stereocenters. The van der Waals surface area contributed by atoms with Crippen molar-refractivity contribution < 1.29 is 14.3 Å². The predicted molar refractivity (Wildman–Crippen MR) is 158 cm³/mol. The second-order valence-corrected chi connectivity index (χ2v) is 10.1. The Hall–Kier alpha value is -4.44. The highest BCUT2D eigenvalue weighted by Crippen LogP contribution is 2.31. The summed E-state index contributed by atoms with van der Waals surface area (Å²) in [7, 11) is 3.13. The maximum Gasteiger partial charge on any atom is 0.322 e. The number of aromatic nitrogens is 2. The van der Waals surface area contributed by atoms with E-state index in [4.69, 9.17) is 9.47 Å². The van der Waals surface area contributed by atoms with Gasteiger partial charge in [-0.2, -0.15) is 9.78 Å². The molecule has 0 spiro atoms. The van der Waals surface area contributed by atoms with E-state index in [1.165, 1.54) is 16.4 Å². The summed E-state index contributed by atoms with van der Waals surface area (Å²) in [5.74, 6) is 1.83. The van der Waals surface area contributed by atoms with Crippen molar-refractivity contribution >= 4 is 29.2 Å². The molecular formula is C30H31N5O4S. The minimum atomic E-state index is -0.209. The van der Waals surface area contributed by atoms with E-state index in [2.05, 4.69) is 27.4 Å². The normalized spacial score (nSPS) is 13.2. The van der Waals surface area contributed by atoms with Crippen molar-refractivity contribution in [3.63, 3.8) is 0 Å². The van der Waals surface area contributed by atoms with Gasteiger partial charge in [-0.25, -0.2) is 4.79 Å². The number of urea groups is 1. The molecule has 2 amide bonds. The third-order valence-corrected chi connectivity index (χ3v) is 7.85. The molecule has 0 saturated carbocycles. The zero-order valence-corrected chi connectivity index (χ0v) is 23.3. The summed E-state index contributed by atoms with van der Waals surface area (Å²) in [5, 5.41) is 7.45. The number of carbonyl (C=O) groups is 1. The fraction of sp³-hybridized carbons (Fsp3) is 0.233. The number of benzene rings is 3. The molecule has 9 nitrogen and oxygen atoms in total. The SMILES string of the molecule is COc1ccc(NC(=O)N2CCN(c3cnn(-c4ccccc4)c(=O)c3SCc3ccccc3)CC2)c(OC)c1. The molecule has 206 valence electrons. The van der Waals surface area contributed by atoms with Gasteiger partial charge in [0.05, 0.1) is 37.5 Å². The number of methoxy groups -OCH3 is 2. The van der Waals surface area contributed by atoms with Gasteiger partial charge in [-0.3, -0.25) is 4.79 Å². The third-order valence-electron chi connectivity index (χ3n) is 6.70. The van der Waals surface area contributed by atoms with Gasteiger partial charge in [-0.1, -0.05) is 48.5 Å². The smallest absolute Gasteiger partial charge is 0.322 e. The van der Waals surface area contributed by atoms with Crippen molar-refractivity contribution in [2.24, 2.45) is 0 Å². The molecule has 1 aliphatic rings. The summed E-state index contributed by atoms with van der Waals surface area (Å²) in [6, 6.07) is 24.6. The number of hydrogen-bond donors (Lipinski definition) is 1. The van der Waals surface area contributed by atoms with Crippen LogP contribution in [-0.2, 0) is 5.75 Å². The Kier molecular flexibility index (Phi) is 8.56. The number of thioether (sulfide) groups is 1. The molecule has 4 aromatic rings. The molecular weight excluding hydrogens is 526 g/mol. The Morgan fingerprint density at radius 3 is 2.30 bits per heavy atom. The van der Waals surface area contributed by atoms with E-state index < -0.39 is 0 Å². The van der Waals surface area contributed by atoms with Crippen LogP contribution in [0.15, 0.2) is 94.7 Å².